The molecule has 0 aliphatic carbocycles. The molecule has 0 amide bonds. The molecule has 0 fully saturated rings. The molecular formula is C24H31O4Si. The van der Waals surface area contributed by atoms with E-state index in [2.05, 4.69) is 31.2 Å². The minimum Gasteiger partial charge on any atom is -0.478 e. The van der Waals surface area contributed by atoms with Gasteiger partial charge in [-0.1, -0.05) is 44.3 Å². The van der Waals surface area contributed by atoms with Crippen molar-refractivity contribution in [3.05, 3.63) is 63.7 Å². The van der Waals surface area contributed by atoms with E-state index in [-0.39, 0.29) is 5.56 Å². The van der Waals surface area contributed by atoms with Crippen molar-refractivity contribution in [3.8, 4) is 0 Å². The molecule has 0 aromatic heterocycles. The molecule has 0 atom stereocenters. The summed E-state index contributed by atoms with van der Waals surface area (Å²) in [7, 11) is -1.24. The molecule has 0 bridgehead atoms. The number of carbonyl (C=O) groups is 2. The Kier molecular flexibility index (Phi) is 7.06. The Labute approximate surface area is 175 Å². The van der Waals surface area contributed by atoms with Gasteiger partial charge in [-0.3, -0.25) is 0 Å². The zero-order chi connectivity index (χ0) is 21.9. The summed E-state index contributed by atoms with van der Waals surface area (Å²) in [4.78, 5) is 25.2. The van der Waals surface area contributed by atoms with Gasteiger partial charge in [-0.05, 0) is 74.0 Å². The summed E-state index contributed by atoms with van der Waals surface area (Å²) in [6.45, 7) is 13.5. The van der Waals surface area contributed by atoms with Crippen molar-refractivity contribution in [1.29, 1.82) is 0 Å². The summed E-state index contributed by atoms with van der Waals surface area (Å²) in [5, 5.41) is 10.4. The van der Waals surface area contributed by atoms with Gasteiger partial charge >= 0.3 is 11.9 Å². The van der Waals surface area contributed by atoms with Crippen LogP contribution in [0.5, 0.6) is 0 Å². The van der Waals surface area contributed by atoms with Gasteiger partial charge < -0.3 is 9.84 Å². The topological polar surface area (TPSA) is 63.6 Å². The molecular weight excluding hydrogens is 380 g/mol. The smallest absolute Gasteiger partial charge is 0.338 e. The maximum absolute atomic E-state index is 13.2. The van der Waals surface area contributed by atoms with E-state index >= 15 is 0 Å². The first kappa shape index (κ1) is 22.9. The van der Waals surface area contributed by atoms with Crippen molar-refractivity contribution in [2.75, 3.05) is 0 Å². The second-order valence-corrected chi connectivity index (χ2v) is 11.1. The highest BCUT2D eigenvalue weighted by Crippen LogP contribution is 2.24. The molecule has 2 aromatic rings. The van der Waals surface area contributed by atoms with Crippen LogP contribution in [0.25, 0.3) is 0 Å². The monoisotopic (exact) mass is 411 g/mol. The summed E-state index contributed by atoms with van der Waals surface area (Å²) in [5.41, 5.74) is 4.00. The average molecular weight is 412 g/mol. The van der Waals surface area contributed by atoms with Gasteiger partial charge in [0, 0.05) is 0 Å². The summed E-state index contributed by atoms with van der Waals surface area (Å²) < 4.78 is 5.70. The van der Waals surface area contributed by atoms with Gasteiger partial charge in [0.05, 0.1) is 19.9 Å². The molecule has 155 valence electrons. The van der Waals surface area contributed by atoms with Crippen molar-refractivity contribution in [2.45, 2.75) is 66.2 Å². The normalized spacial score (nSPS) is 11.6. The lowest BCUT2D eigenvalue weighted by Crippen LogP contribution is -2.38. The number of hydrogen-bond acceptors (Lipinski definition) is 3. The van der Waals surface area contributed by atoms with Crippen LogP contribution in [0, 0.1) is 6.92 Å². The fraction of sp³-hybridized carbons (Fsp3) is 0.417. The molecule has 4 nitrogen and oxygen atoms in total. The van der Waals surface area contributed by atoms with E-state index in [0.29, 0.717) is 17.2 Å². The zero-order valence-electron chi connectivity index (χ0n) is 18.5. The van der Waals surface area contributed by atoms with Crippen molar-refractivity contribution >= 4 is 25.9 Å². The average Bonchev–Trinajstić information content (AvgIpc) is 2.61. The number of carbonyl (C=O) groups excluding carboxylic acids is 1. The van der Waals surface area contributed by atoms with Crippen molar-refractivity contribution in [3.63, 3.8) is 0 Å². The number of benzene rings is 2. The van der Waals surface area contributed by atoms with E-state index in [4.69, 9.17) is 4.74 Å². The number of hydrogen-bond donors (Lipinski definition) is 1. The molecule has 0 aliphatic rings. The van der Waals surface area contributed by atoms with Crippen molar-refractivity contribution < 1.29 is 19.4 Å². The Balaban J connectivity index is 2.71. The Morgan fingerprint density at radius 1 is 1.07 bits per heavy atom. The fourth-order valence-electron chi connectivity index (χ4n) is 3.43. The van der Waals surface area contributed by atoms with Gasteiger partial charge in [0.25, 0.3) is 0 Å². The van der Waals surface area contributed by atoms with E-state index in [1.807, 2.05) is 40.8 Å². The standard InChI is InChI=1S/C24H31O4Si/c1-8-16-9-11-17(12-10-16)14-18-15(2)13-19(22(25)26)21(29(6)7)20(18)23(27)28-24(3,4)5/h9-13H,8,14H2,1-7H3,(H,25,26). The minimum absolute atomic E-state index is 0.215. The maximum Gasteiger partial charge on any atom is 0.338 e. The SMILES string of the molecule is CCc1ccc(Cc2c(C)cc(C(=O)O)c([Si](C)C)c2C(=O)OC(C)(C)C)cc1. The molecule has 0 aliphatic heterocycles. The van der Waals surface area contributed by atoms with Crippen LogP contribution in [0.15, 0.2) is 30.3 Å². The second-order valence-electron chi connectivity index (χ2n) is 8.62. The van der Waals surface area contributed by atoms with E-state index in [1.54, 1.807) is 6.07 Å². The lowest BCUT2D eigenvalue weighted by molar-refractivity contribution is 0.00698. The van der Waals surface area contributed by atoms with Gasteiger partial charge in [-0.2, -0.15) is 0 Å². The van der Waals surface area contributed by atoms with Crippen LogP contribution in [-0.2, 0) is 17.6 Å². The van der Waals surface area contributed by atoms with Crippen LogP contribution in [0.2, 0.25) is 13.1 Å². The second kappa shape index (κ2) is 8.95. The summed E-state index contributed by atoms with van der Waals surface area (Å²) in [6.07, 6.45) is 1.53. The number of aryl methyl sites for hydroxylation is 2. The van der Waals surface area contributed by atoms with Crippen LogP contribution < -0.4 is 5.19 Å². The molecule has 29 heavy (non-hydrogen) atoms. The number of ether oxygens (including phenoxy) is 1. The first-order valence-electron chi connectivity index (χ1n) is 9.96. The number of aromatic carboxylic acids is 1. The van der Waals surface area contributed by atoms with E-state index in [9.17, 15) is 14.7 Å². The maximum atomic E-state index is 13.2. The molecule has 0 saturated heterocycles. The number of carboxylic acid groups (broad SMARTS) is 1. The van der Waals surface area contributed by atoms with Crippen LogP contribution in [0.4, 0.5) is 0 Å². The Hall–Kier alpha value is -2.40. The Morgan fingerprint density at radius 3 is 2.07 bits per heavy atom. The van der Waals surface area contributed by atoms with Crippen molar-refractivity contribution in [1.82, 2.24) is 0 Å². The highest BCUT2D eigenvalue weighted by molar-refractivity contribution is 6.73. The van der Waals surface area contributed by atoms with Gasteiger partial charge in [-0.15, -0.1) is 0 Å². The van der Waals surface area contributed by atoms with Gasteiger partial charge in [0.2, 0.25) is 0 Å². The third-order valence-electron chi connectivity index (χ3n) is 4.80. The number of rotatable bonds is 6. The molecule has 5 heteroatoms. The highest BCUT2D eigenvalue weighted by atomic mass is 28.3. The van der Waals surface area contributed by atoms with Gasteiger partial charge in [0.1, 0.15) is 5.60 Å². The predicted octanol–water partition coefficient (Wildman–Crippen LogP) is 4.76. The molecule has 2 aromatic carbocycles. The first-order chi connectivity index (χ1) is 13.4. The highest BCUT2D eigenvalue weighted by Gasteiger charge is 2.29. The quantitative estimate of drug-likeness (QED) is 0.550. The fourth-order valence-corrected chi connectivity index (χ4v) is 4.90. The van der Waals surface area contributed by atoms with E-state index in [0.717, 1.165) is 23.1 Å². The van der Waals surface area contributed by atoms with Crippen molar-refractivity contribution in [2.24, 2.45) is 0 Å². The van der Waals surface area contributed by atoms with Gasteiger partial charge in [0.15, 0.2) is 0 Å². The zero-order valence-corrected chi connectivity index (χ0v) is 19.5. The van der Waals surface area contributed by atoms with Crippen LogP contribution in [0.1, 0.15) is 70.7 Å². The summed E-state index contributed by atoms with van der Waals surface area (Å²) in [5.74, 6) is -1.44. The molecule has 1 radical (unpaired) electrons. The molecule has 0 spiro atoms. The van der Waals surface area contributed by atoms with E-state index in [1.165, 1.54) is 5.56 Å². The number of esters is 1. The van der Waals surface area contributed by atoms with Gasteiger partial charge in [-0.25, -0.2) is 9.59 Å². The molecule has 2 rings (SSSR count). The van der Waals surface area contributed by atoms with Crippen LogP contribution in [0.3, 0.4) is 0 Å². The lowest BCUT2D eigenvalue weighted by Gasteiger charge is -2.25. The first-order valence-corrected chi connectivity index (χ1v) is 12.5. The Bertz CT molecular complexity index is 906. The van der Waals surface area contributed by atoms with Crippen LogP contribution in [-0.4, -0.2) is 31.4 Å². The molecule has 1 N–H and O–H groups in total. The third kappa shape index (κ3) is 5.57. The summed E-state index contributed by atoms with van der Waals surface area (Å²) >= 11 is 0. The third-order valence-corrected chi connectivity index (χ3v) is 6.32. The van der Waals surface area contributed by atoms with E-state index < -0.39 is 26.3 Å². The molecule has 0 unspecified atom stereocenters. The largest absolute Gasteiger partial charge is 0.478 e. The predicted molar refractivity (Wildman–Crippen MR) is 119 cm³/mol. The lowest BCUT2D eigenvalue weighted by atomic mass is 9.92. The Morgan fingerprint density at radius 2 is 1.62 bits per heavy atom. The minimum atomic E-state index is -1.24. The number of carboxylic acids is 1. The van der Waals surface area contributed by atoms with Crippen LogP contribution >= 0.6 is 0 Å². The summed E-state index contributed by atoms with van der Waals surface area (Å²) in [6, 6.07) is 10.1. The molecule has 0 heterocycles. The molecule has 0 saturated carbocycles.